The van der Waals surface area contributed by atoms with Gasteiger partial charge in [-0.3, -0.25) is 0 Å². The molecule has 4 atom stereocenters. The summed E-state index contributed by atoms with van der Waals surface area (Å²) in [5, 5.41) is 0. The Labute approximate surface area is 289 Å². The SMILES string of the molecule is COCCCN1CCOc2ccc(C(C)O[C@H]3CN(S(=O)(=O)c4ccc(C)cc4)[C@@H](N=C=O)C[C@@H]3c3ccc(COCCOC)cc3)cc21. The molecule has 1 fully saturated rings. The average Bonchev–Trinajstić information content (AvgIpc) is 3.11. The maximum Gasteiger partial charge on any atom is 0.245 e. The number of carbonyl (C=O) groups excluding carboxylic acids is 1. The number of rotatable bonds is 16. The predicted molar refractivity (Wildman–Crippen MR) is 186 cm³/mol. The number of fused-ring (bicyclic) bond motifs is 1. The van der Waals surface area contributed by atoms with E-state index in [0.29, 0.717) is 33.0 Å². The zero-order chi connectivity index (χ0) is 34.8. The third-order valence-corrected chi connectivity index (χ3v) is 11.0. The molecule has 0 N–H and O–H groups in total. The largest absolute Gasteiger partial charge is 0.490 e. The van der Waals surface area contributed by atoms with Crippen molar-refractivity contribution in [3.05, 3.63) is 89.0 Å². The standard InChI is InChI=1S/C37H47N3O8S/c1-27-6-13-32(14-7-27)49(42,43)40-24-36(33(23-37(40)38-26-41)30-10-8-29(9-11-30)25-46-21-20-45-4)48-28(2)31-12-15-35-34(22-31)39(17-19-47-35)16-5-18-44-3/h6-15,22,28,33,36-37H,5,16-21,23-25H2,1-4H3/t28?,33-,36+,37-/m1/s1. The van der Waals surface area contributed by atoms with E-state index in [1.165, 1.54) is 4.31 Å². The summed E-state index contributed by atoms with van der Waals surface area (Å²) in [6.45, 7) is 8.23. The number of benzene rings is 3. The van der Waals surface area contributed by atoms with Crippen LogP contribution in [0.2, 0.25) is 0 Å². The van der Waals surface area contributed by atoms with Gasteiger partial charge in [0, 0.05) is 39.8 Å². The van der Waals surface area contributed by atoms with Crippen LogP contribution in [0.15, 0.2) is 76.6 Å². The lowest BCUT2D eigenvalue weighted by Gasteiger charge is -2.42. The van der Waals surface area contributed by atoms with Crippen LogP contribution < -0.4 is 9.64 Å². The van der Waals surface area contributed by atoms with Gasteiger partial charge in [0.2, 0.25) is 16.1 Å². The van der Waals surface area contributed by atoms with E-state index < -0.39 is 22.3 Å². The number of aliphatic imine (C=N–C) groups is 1. The van der Waals surface area contributed by atoms with E-state index in [1.807, 2.05) is 50.2 Å². The number of aryl methyl sites for hydroxylation is 1. The Morgan fingerprint density at radius 3 is 2.47 bits per heavy atom. The van der Waals surface area contributed by atoms with Gasteiger partial charge in [-0.05, 0) is 67.6 Å². The molecule has 2 heterocycles. The molecular formula is C37H47N3O8S. The third-order valence-electron chi connectivity index (χ3n) is 9.11. The lowest BCUT2D eigenvalue weighted by Crippen LogP contribution is -2.51. The summed E-state index contributed by atoms with van der Waals surface area (Å²) in [6.07, 6.45) is 0.879. The number of hydrogen-bond acceptors (Lipinski definition) is 10. The van der Waals surface area contributed by atoms with Crippen molar-refractivity contribution in [2.24, 2.45) is 4.99 Å². The van der Waals surface area contributed by atoms with Crippen LogP contribution in [0.1, 0.15) is 54.0 Å². The first-order valence-electron chi connectivity index (χ1n) is 16.7. The van der Waals surface area contributed by atoms with Gasteiger partial charge >= 0.3 is 0 Å². The molecule has 0 aliphatic carbocycles. The molecule has 3 aromatic carbocycles. The van der Waals surface area contributed by atoms with Crippen molar-refractivity contribution in [3.8, 4) is 5.75 Å². The Hall–Kier alpha value is -3.61. The number of nitrogens with zero attached hydrogens (tertiary/aromatic N) is 3. The van der Waals surface area contributed by atoms with Crippen molar-refractivity contribution < 1.29 is 36.9 Å². The van der Waals surface area contributed by atoms with E-state index >= 15 is 0 Å². The number of sulfonamides is 1. The van der Waals surface area contributed by atoms with Crippen LogP contribution in [0.25, 0.3) is 0 Å². The molecule has 49 heavy (non-hydrogen) atoms. The van der Waals surface area contributed by atoms with Gasteiger partial charge in [-0.2, -0.15) is 9.30 Å². The highest BCUT2D eigenvalue weighted by molar-refractivity contribution is 7.89. The van der Waals surface area contributed by atoms with Gasteiger partial charge < -0.3 is 28.6 Å². The fraction of sp³-hybridized carbons (Fsp3) is 0.486. The van der Waals surface area contributed by atoms with Crippen molar-refractivity contribution in [3.63, 3.8) is 0 Å². The van der Waals surface area contributed by atoms with E-state index in [1.54, 1.807) is 44.6 Å². The zero-order valence-electron chi connectivity index (χ0n) is 28.7. The maximum atomic E-state index is 14.1. The summed E-state index contributed by atoms with van der Waals surface area (Å²) in [5.41, 5.74) is 4.85. The van der Waals surface area contributed by atoms with Gasteiger partial charge in [0.05, 0.1) is 49.2 Å². The first-order chi connectivity index (χ1) is 23.7. The van der Waals surface area contributed by atoms with Gasteiger partial charge in [-0.25, -0.2) is 13.2 Å². The summed E-state index contributed by atoms with van der Waals surface area (Å²) in [4.78, 5) is 18.1. The number of anilines is 1. The minimum absolute atomic E-state index is 0.000137. The van der Waals surface area contributed by atoms with E-state index in [2.05, 4.69) is 16.0 Å². The van der Waals surface area contributed by atoms with E-state index in [4.69, 9.17) is 23.7 Å². The summed E-state index contributed by atoms with van der Waals surface area (Å²) < 4.78 is 58.2. The molecule has 0 aromatic heterocycles. The maximum absolute atomic E-state index is 14.1. The van der Waals surface area contributed by atoms with Crippen LogP contribution >= 0.6 is 0 Å². The van der Waals surface area contributed by atoms with Gasteiger partial charge in [0.15, 0.2) is 0 Å². The molecule has 264 valence electrons. The molecule has 12 heteroatoms. The normalized spacial score (nSPS) is 20.2. The van der Waals surface area contributed by atoms with E-state index in [0.717, 1.165) is 53.2 Å². The van der Waals surface area contributed by atoms with Crippen LogP contribution in [-0.2, 0) is 40.4 Å². The topological polar surface area (TPSA) is 116 Å². The second kappa shape index (κ2) is 17.4. The van der Waals surface area contributed by atoms with E-state index in [-0.39, 0.29) is 29.9 Å². The van der Waals surface area contributed by atoms with Crippen LogP contribution in [0.4, 0.5) is 5.69 Å². The molecule has 3 aromatic rings. The Bertz CT molecular complexity index is 1660. The molecule has 11 nitrogen and oxygen atoms in total. The number of ether oxygens (including phenoxy) is 5. The Balaban J connectivity index is 1.44. The average molecular weight is 694 g/mol. The number of isocyanates is 1. The highest BCUT2D eigenvalue weighted by Crippen LogP contribution is 2.40. The second-order valence-corrected chi connectivity index (χ2v) is 14.3. The lowest BCUT2D eigenvalue weighted by atomic mass is 9.85. The highest BCUT2D eigenvalue weighted by Gasteiger charge is 2.44. The Kier molecular flexibility index (Phi) is 13.0. The quantitative estimate of drug-likeness (QED) is 0.111. The van der Waals surface area contributed by atoms with Crippen molar-refractivity contribution in [1.82, 2.24) is 4.31 Å². The minimum atomic E-state index is -4.02. The first-order valence-corrected chi connectivity index (χ1v) is 18.2. The van der Waals surface area contributed by atoms with Crippen molar-refractivity contribution >= 4 is 21.8 Å². The summed E-state index contributed by atoms with van der Waals surface area (Å²) in [5.74, 6) is 0.565. The van der Waals surface area contributed by atoms with Crippen molar-refractivity contribution in [2.45, 2.75) is 62.5 Å². The molecule has 0 bridgehead atoms. The number of methoxy groups -OCH3 is 2. The molecular weight excluding hydrogens is 646 g/mol. The molecule has 1 saturated heterocycles. The van der Waals surface area contributed by atoms with Gasteiger partial charge in [0.25, 0.3) is 0 Å². The molecule has 2 aliphatic heterocycles. The molecule has 0 saturated carbocycles. The van der Waals surface area contributed by atoms with Crippen molar-refractivity contribution in [2.75, 3.05) is 65.2 Å². The minimum Gasteiger partial charge on any atom is -0.490 e. The van der Waals surface area contributed by atoms with E-state index in [9.17, 15) is 13.2 Å². The van der Waals surface area contributed by atoms with Crippen LogP contribution in [-0.4, -0.2) is 91.4 Å². The third kappa shape index (κ3) is 9.15. The second-order valence-electron chi connectivity index (χ2n) is 12.4. The van der Waals surface area contributed by atoms with Crippen LogP contribution in [0, 0.1) is 6.92 Å². The highest BCUT2D eigenvalue weighted by atomic mass is 32.2. The molecule has 0 spiro atoms. The first kappa shape index (κ1) is 36.7. The smallest absolute Gasteiger partial charge is 0.245 e. The van der Waals surface area contributed by atoms with Crippen molar-refractivity contribution in [1.29, 1.82) is 0 Å². The number of piperidine rings is 1. The molecule has 1 unspecified atom stereocenters. The van der Waals surface area contributed by atoms with Crippen LogP contribution in [0.3, 0.4) is 0 Å². The van der Waals surface area contributed by atoms with Gasteiger partial charge in [0.1, 0.15) is 18.5 Å². The fourth-order valence-corrected chi connectivity index (χ4v) is 7.95. The Morgan fingerprint density at radius 2 is 1.76 bits per heavy atom. The molecule has 2 aliphatic rings. The lowest BCUT2D eigenvalue weighted by molar-refractivity contribution is -0.0499. The number of hydrogen-bond donors (Lipinski definition) is 0. The molecule has 0 radical (unpaired) electrons. The molecule has 5 rings (SSSR count). The summed E-state index contributed by atoms with van der Waals surface area (Å²) in [6, 6.07) is 20.8. The fourth-order valence-electron chi connectivity index (χ4n) is 6.40. The summed E-state index contributed by atoms with van der Waals surface area (Å²) in [7, 11) is -0.681. The molecule has 0 amide bonds. The van der Waals surface area contributed by atoms with Crippen LogP contribution in [0.5, 0.6) is 5.75 Å². The predicted octanol–water partition coefficient (Wildman–Crippen LogP) is 5.38. The zero-order valence-corrected chi connectivity index (χ0v) is 29.6. The Morgan fingerprint density at radius 1 is 1.00 bits per heavy atom. The monoisotopic (exact) mass is 693 g/mol. The van der Waals surface area contributed by atoms with Gasteiger partial charge in [-0.15, -0.1) is 0 Å². The summed E-state index contributed by atoms with van der Waals surface area (Å²) >= 11 is 0. The van der Waals surface area contributed by atoms with Gasteiger partial charge in [-0.1, -0.05) is 48.0 Å².